The summed E-state index contributed by atoms with van der Waals surface area (Å²) in [6.07, 6.45) is -1.90. The molecule has 2 amide bonds. The minimum atomic E-state index is -4.59. The number of anilines is 3. The highest BCUT2D eigenvalue weighted by atomic mass is 19.4. The van der Waals surface area contributed by atoms with Crippen LogP contribution >= 0.6 is 0 Å². The lowest BCUT2D eigenvalue weighted by Gasteiger charge is -2.23. The topological polar surface area (TPSA) is 119 Å². The summed E-state index contributed by atoms with van der Waals surface area (Å²) in [5.74, 6) is -0.269. The van der Waals surface area contributed by atoms with Crippen LogP contribution in [0.15, 0.2) is 48.5 Å². The monoisotopic (exact) mass is 671 g/mol. The number of aromatic nitrogens is 3. The van der Waals surface area contributed by atoms with Crippen LogP contribution in [0.25, 0.3) is 0 Å². The summed E-state index contributed by atoms with van der Waals surface area (Å²) in [6.45, 7) is 3.49. The van der Waals surface area contributed by atoms with E-state index in [4.69, 9.17) is 4.74 Å². The van der Waals surface area contributed by atoms with Crippen molar-refractivity contribution >= 4 is 29.4 Å². The molecule has 0 fully saturated rings. The molecule has 3 aliphatic rings. The zero-order valence-corrected chi connectivity index (χ0v) is 27.9. The van der Waals surface area contributed by atoms with Gasteiger partial charge in [-0.15, -0.1) is 0 Å². The summed E-state index contributed by atoms with van der Waals surface area (Å²) in [6, 6.07) is 13.2. The van der Waals surface area contributed by atoms with Crippen molar-refractivity contribution in [1.29, 1.82) is 0 Å². The lowest BCUT2D eigenvalue weighted by Crippen LogP contribution is -2.32. The third-order valence-electron chi connectivity index (χ3n) is 7.86. The fraction of sp³-hybridized carbons (Fsp3) is 0.485. The number of benzene rings is 2. The molecule has 4 heterocycles. The van der Waals surface area contributed by atoms with Gasteiger partial charge in [-0.3, -0.25) is 9.59 Å². The third-order valence-corrected chi connectivity index (χ3v) is 7.86. The molecule has 0 saturated heterocycles. The molecule has 260 valence electrons. The van der Waals surface area contributed by atoms with Crippen LogP contribution in [0.4, 0.5) is 30.8 Å². The van der Waals surface area contributed by atoms with E-state index in [1.807, 2.05) is 0 Å². The standard InChI is InChI=1S/C33H44F3N9O3/c1-42-16-5-17-43(2)19-7-21-45(4)29(47)26-12-14-27(15-13-26)38-31-39-30(40-32(41-31)48-23-33(34,35)36)37-22-24-8-10-25(11-9-24)28(46)44(3)20-6-18-42/h8-15H,5-7,16-23H2,1-4H3,(H2,37,38,39,40,41). The van der Waals surface area contributed by atoms with Gasteiger partial charge in [-0.2, -0.15) is 28.1 Å². The molecule has 12 nitrogen and oxygen atoms in total. The van der Waals surface area contributed by atoms with E-state index in [-0.39, 0.29) is 30.3 Å². The van der Waals surface area contributed by atoms with Crippen LogP contribution in [-0.4, -0.2) is 127 Å². The van der Waals surface area contributed by atoms with E-state index in [9.17, 15) is 22.8 Å². The second-order valence-electron chi connectivity index (χ2n) is 12.0. The Morgan fingerprint density at radius 3 is 1.69 bits per heavy atom. The van der Waals surface area contributed by atoms with E-state index in [1.165, 1.54) is 0 Å². The highest BCUT2D eigenvalue weighted by Crippen LogP contribution is 2.21. The van der Waals surface area contributed by atoms with Gasteiger partial charge in [-0.1, -0.05) is 12.1 Å². The molecule has 0 radical (unpaired) electrons. The van der Waals surface area contributed by atoms with Crippen LogP contribution in [0.3, 0.4) is 0 Å². The number of halogens is 3. The van der Waals surface area contributed by atoms with Crippen LogP contribution in [0, 0.1) is 0 Å². The molecule has 2 aromatic carbocycles. The van der Waals surface area contributed by atoms with E-state index < -0.39 is 18.8 Å². The van der Waals surface area contributed by atoms with Crippen LogP contribution in [-0.2, 0) is 6.54 Å². The normalized spacial score (nSPS) is 17.3. The molecule has 6 rings (SSSR count). The Balaban J connectivity index is 1.53. The van der Waals surface area contributed by atoms with Crippen LogP contribution in [0.2, 0.25) is 0 Å². The Morgan fingerprint density at radius 1 is 0.688 bits per heavy atom. The van der Waals surface area contributed by atoms with Crippen molar-refractivity contribution in [3.8, 4) is 6.01 Å². The van der Waals surface area contributed by atoms with Gasteiger partial charge < -0.3 is 35.0 Å². The first-order chi connectivity index (χ1) is 22.9. The number of amides is 2. The van der Waals surface area contributed by atoms with Gasteiger partial charge in [0.05, 0.1) is 0 Å². The minimum absolute atomic E-state index is 0.0162. The highest BCUT2D eigenvalue weighted by Gasteiger charge is 2.29. The lowest BCUT2D eigenvalue weighted by atomic mass is 10.1. The van der Waals surface area contributed by atoms with Crippen molar-refractivity contribution in [2.24, 2.45) is 0 Å². The SMILES string of the molecule is CN1CCCN(C)CCCN(C)C(=O)c2ccc(cc2)Nc2nc(nc(OCC(F)(F)F)n2)NCc2ccc(cc2)C(=O)N(C)CCC1. The van der Waals surface area contributed by atoms with Crippen LogP contribution in [0.1, 0.15) is 45.5 Å². The Morgan fingerprint density at radius 2 is 1.17 bits per heavy atom. The Labute approximate surface area is 279 Å². The smallest absolute Gasteiger partial charge is 0.422 e. The Kier molecular flexibility index (Phi) is 12.9. The number of ether oxygens (including phenoxy) is 1. The second kappa shape index (κ2) is 17.1. The average Bonchev–Trinajstić information content (AvgIpc) is 3.05. The molecular formula is C33H44F3N9O3. The summed E-state index contributed by atoms with van der Waals surface area (Å²) >= 11 is 0. The lowest BCUT2D eigenvalue weighted by molar-refractivity contribution is -0.154. The number of rotatable bonds is 2. The predicted octanol–water partition coefficient (Wildman–Crippen LogP) is 4.36. The number of hydrogen-bond acceptors (Lipinski definition) is 10. The first-order valence-corrected chi connectivity index (χ1v) is 15.9. The second-order valence-corrected chi connectivity index (χ2v) is 12.0. The number of hydrogen-bond donors (Lipinski definition) is 2. The van der Waals surface area contributed by atoms with Crippen molar-refractivity contribution in [1.82, 2.24) is 34.6 Å². The fourth-order valence-electron chi connectivity index (χ4n) is 5.11. The maximum atomic E-state index is 13.0. The summed E-state index contributed by atoms with van der Waals surface area (Å²) in [4.78, 5) is 46.3. The molecule has 0 unspecified atom stereocenters. The fourth-order valence-corrected chi connectivity index (χ4v) is 5.11. The van der Waals surface area contributed by atoms with Crippen molar-refractivity contribution < 1.29 is 27.5 Å². The molecule has 0 spiro atoms. The quantitative estimate of drug-likeness (QED) is 0.407. The molecule has 3 aliphatic heterocycles. The molecule has 0 aliphatic carbocycles. The Hall–Kier alpha value is -4.50. The van der Waals surface area contributed by atoms with E-state index in [2.05, 4.69) is 49.5 Å². The van der Waals surface area contributed by atoms with Gasteiger partial charge in [-0.25, -0.2) is 0 Å². The highest BCUT2D eigenvalue weighted by molar-refractivity contribution is 5.94. The number of alkyl halides is 3. The maximum absolute atomic E-state index is 13.0. The van der Waals surface area contributed by atoms with Crippen molar-refractivity contribution in [3.05, 3.63) is 65.2 Å². The van der Waals surface area contributed by atoms with E-state index >= 15 is 0 Å². The maximum Gasteiger partial charge on any atom is 0.422 e. The number of carbonyl (C=O) groups excluding carboxylic acids is 2. The van der Waals surface area contributed by atoms with E-state index in [1.54, 1.807) is 72.4 Å². The summed E-state index contributed by atoms with van der Waals surface area (Å²) in [5.41, 5.74) is 2.35. The molecule has 2 N–H and O–H groups in total. The number of nitrogens with one attached hydrogen (secondary N) is 2. The number of nitrogens with zero attached hydrogens (tertiary/aromatic N) is 7. The summed E-state index contributed by atoms with van der Waals surface area (Å²) in [7, 11) is 7.73. The largest absolute Gasteiger partial charge is 0.454 e. The van der Waals surface area contributed by atoms with Crippen molar-refractivity contribution in [3.63, 3.8) is 0 Å². The summed E-state index contributed by atoms with van der Waals surface area (Å²) < 4.78 is 43.5. The zero-order chi connectivity index (χ0) is 34.7. The molecule has 48 heavy (non-hydrogen) atoms. The van der Waals surface area contributed by atoms with Gasteiger partial charge in [0, 0.05) is 50.5 Å². The van der Waals surface area contributed by atoms with Gasteiger partial charge in [-0.05, 0) is 101 Å². The average molecular weight is 672 g/mol. The Bertz CT molecular complexity index is 1490. The summed E-state index contributed by atoms with van der Waals surface area (Å²) in [5, 5.41) is 5.94. The molecule has 3 aromatic rings. The number of carbonyl (C=O) groups is 2. The molecule has 0 atom stereocenters. The minimum Gasteiger partial charge on any atom is -0.454 e. The first-order valence-electron chi connectivity index (χ1n) is 15.9. The van der Waals surface area contributed by atoms with Gasteiger partial charge in [0.1, 0.15) is 0 Å². The molecule has 15 heteroatoms. The van der Waals surface area contributed by atoms with Gasteiger partial charge in [0.2, 0.25) is 11.9 Å². The molecule has 6 bridgehead atoms. The number of fused-ring (bicyclic) bond motifs is 2. The predicted molar refractivity (Wildman–Crippen MR) is 178 cm³/mol. The van der Waals surface area contributed by atoms with Gasteiger partial charge >= 0.3 is 12.2 Å². The van der Waals surface area contributed by atoms with Crippen molar-refractivity contribution in [2.45, 2.75) is 32.0 Å². The molecule has 1 aromatic heterocycles. The third kappa shape index (κ3) is 11.6. The zero-order valence-electron chi connectivity index (χ0n) is 27.9. The van der Waals surface area contributed by atoms with Gasteiger partial charge in [0.15, 0.2) is 6.61 Å². The van der Waals surface area contributed by atoms with E-state index in [0.717, 1.165) is 51.0 Å². The van der Waals surface area contributed by atoms with Crippen LogP contribution in [0.5, 0.6) is 6.01 Å². The first kappa shape index (κ1) is 36.3. The molecule has 0 saturated carbocycles. The van der Waals surface area contributed by atoms with Crippen molar-refractivity contribution in [2.75, 3.05) is 84.7 Å². The molecular weight excluding hydrogens is 627 g/mol. The van der Waals surface area contributed by atoms with Crippen LogP contribution < -0.4 is 15.4 Å². The van der Waals surface area contributed by atoms with E-state index in [0.29, 0.717) is 29.9 Å². The van der Waals surface area contributed by atoms with Gasteiger partial charge in [0.25, 0.3) is 11.8 Å².